The Bertz CT molecular complexity index is 926. The molecule has 0 radical (unpaired) electrons. The van der Waals surface area contributed by atoms with E-state index < -0.39 is 0 Å². The average Bonchev–Trinajstić information content (AvgIpc) is 2.76. The summed E-state index contributed by atoms with van der Waals surface area (Å²) in [6.45, 7) is 3.06. The van der Waals surface area contributed by atoms with Crippen molar-refractivity contribution in [2.75, 3.05) is 36.5 Å². The SMILES string of the molecule is O=C(Nc1ccccc1N1CCOCC1)c1ccc(Sc2ccccn2)cc1. The number of benzene rings is 2. The number of nitrogens with zero attached hydrogens (tertiary/aromatic N) is 2. The number of para-hydroxylation sites is 2. The van der Waals surface area contributed by atoms with Gasteiger partial charge in [0.1, 0.15) is 5.03 Å². The van der Waals surface area contributed by atoms with Gasteiger partial charge in [-0.2, -0.15) is 0 Å². The van der Waals surface area contributed by atoms with Gasteiger partial charge in [0, 0.05) is 29.7 Å². The van der Waals surface area contributed by atoms with Crippen LogP contribution in [-0.2, 0) is 4.74 Å². The zero-order chi connectivity index (χ0) is 19.2. The topological polar surface area (TPSA) is 54.5 Å². The molecule has 2 aromatic carbocycles. The van der Waals surface area contributed by atoms with E-state index in [0.717, 1.165) is 34.4 Å². The third-order valence-electron chi connectivity index (χ3n) is 4.48. The maximum atomic E-state index is 12.7. The van der Waals surface area contributed by atoms with Gasteiger partial charge in [-0.15, -0.1) is 0 Å². The van der Waals surface area contributed by atoms with Gasteiger partial charge in [-0.05, 0) is 48.5 Å². The number of morpholine rings is 1. The molecule has 1 fully saturated rings. The number of aromatic nitrogens is 1. The highest BCUT2D eigenvalue weighted by Crippen LogP contribution is 2.28. The van der Waals surface area contributed by atoms with Gasteiger partial charge in [0.15, 0.2) is 0 Å². The standard InChI is InChI=1S/C22H21N3O2S/c26-22(17-8-10-18(11-9-17)28-21-7-3-4-12-23-21)24-19-5-1-2-6-20(19)25-13-15-27-16-14-25/h1-12H,13-16H2,(H,24,26). The lowest BCUT2D eigenvalue weighted by Gasteiger charge is -2.30. The van der Waals surface area contributed by atoms with Crippen molar-refractivity contribution < 1.29 is 9.53 Å². The second-order valence-electron chi connectivity index (χ2n) is 6.37. The van der Waals surface area contributed by atoms with Gasteiger partial charge in [-0.25, -0.2) is 4.98 Å². The fraction of sp³-hybridized carbons (Fsp3) is 0.182. The second kappa shape index (κ2) is 8.91. The molecule has 0 atom stereocenters. The van der Waals surface area contributed by atoms with Crippen molar-refractivity contribution in [1.29, 1.82) is 0 Å². The third kappa shape index (κ3) is 4.52. The molecule has 0 aliphatic carbocycles. The highest BCUT2D eigenvalue weighted by molar-refractivity contribution is 7.99. The van der Waals surface area contributed by atoms with Crippen LogP contribution >= 0.6 is 11.8 Å². The molecule has 1 aliphatic heterocycles. The van der Waals surface area contributed by atoms with Crippen LogP contribution < -0.4 is 10.2 Å². The predicted molar refractivity (Wildman–Crippen MR) is 112 cm³/mol. The number of nitrogens with one attached hydrogen (secondary N) is 1. The van der Waals surface area contributed by atoms with Gasteiger partial charge in [0.2, 0.25) is 0 Å². The Labute approximate surface area is 168 Å². The van der Waals surface area contributed by atoms with Crippen molar-refractivity contribution in [2.24, 2.45) is 0 Å². The summed E-state index contributed by atoms with van der Waals surface area (Å²) in [5, 5.41) is 3.98. The first-order valence-corrected chi connectivity index (χ1v) is 10.0. The van der Waals surface area contributed by atoms with Crippen LogP contribution in [0.5, 0.6) is 0 Å². The lowest BCUT2D eigenvalue weighted by molar-refractivity contribution is 0.102. The largest absolute Gasteiger partial charge is 0.378 e. The molecule has 2 heterocycles. The fourth-order valence-corrected chi connectivity index (χ4v) is 3.83. The molecule has 3 aromatic rings. The molecule has 1 N–H and O–H groups in total. The molecule has 1 saturated heterocycles. The number of hydrogen-bond donors (Lipinski definition) is 1. The summed E-state index contributed by atoms with van der Waals surface area (Å²) in [5.74, 6) is -0.116. The zero-order valence-electron chi connectivity index (χ0n) is 15.4. The van der Waals surface area contributed by atoms with E-state index in [9.17, 15) is 4.79 Å². The number of anilines is 2. The van der Waals surface area contributed by atoms with E-state index >= 15 is 0 Å². The first kappa shape index (κ1) is 18.5. The maximum absolute atomic E-state index is 12.7. The molecule has 4 rings (SSSR count). The van der Waals surface area contributed by atoms with Crippen molar-refractivity contribution in [3.05, 3.63) is 78.5 Å². The van der Waals surface area contributed by atoms with E-state index in [1.807, 2.05) is 66.7 Å². The Kier molecular flexibility index (Phi) is 5.89. The first-order valence-electron chi connectivity index (χ1n) is 9.21. The number of amides is 1. The van der Waals surface area contributed by atoms with Crippen molar-refractivity contribution in [2.45, 2.75) is 9.92 Å². The highest BCUT2D eigenvalue weighted by atomic mass is 32.2. The van der Waals surface area contributed by atoms with Crippen LogP contribution in [0.1, 0.15) is 10.4 Å². The number of carbonyl (C=O) groups is 1. The van der Waals surface area contributed by atoms with Gasteiger partial charge < -0.3 is 15.0 Å². The smallest absolute Gasteiger partial charge is 0.255 e. The Morgan fingerprint density at radius 1 is 0.964 bits per heavy atom. The van der Waals surface area contributed by atoms with Crippen LogP contribution in [0.15, 0.2) is 82.8 Å². The molecule has 28 heavy (non-hydrogen) atoms. The summed E-state index contributed by atoms with van der Waals surface area (Å²) in [7, 11) is 0. The molecule has 0 unspecified atom stereocenters. The molecule has 0 saturated carbocycles. The summed E-state index contributed by atoms with van der Waals surface area (Å²) >= 11 is 1.57. The minimum absolute atomic E-state index is 0.116. The van der Waals surface area contributed by atoms with E-state index in [-0.39, 0.29) is 5.91 Å². The molecular weight excluding hydrogens is 370 g/mol. The summed E-state index contributed by atoms with van der Waals surface area (Å²) in [6.07, 6.45) is 1.77. The van der Waals surface area contributed by atoms with Gasteiger partial charge in [-0.1, -0.05) is 30.0 Å². The van der Waals surface area contributed by atoms with Gasteiger partial charge in [0.25, 0.3) is 5.91 Å². The minimum atomic E-state index is -0.116. The average molecular weight is 391 g/mol. The van der Waals surface area contributed by atoms with E-state index in [1.54, 1.807) is 18.0 Å². The zero-order valence-corrected chi connectivity index (χ0v) is 16.2. The summed E-state index contributed by atoms with van der Waals surface area (Å²) in [5.41, 5.74) is 2.48. The molecular formula is C22H21N3O2S. The van der Waals surface area contributed by atoms with Crippen LogP contribution in [0.25, 0.3) is 0 Å². The Morgan fingerprint density at radius 2 is 1.71 bits per heavy atom. The summed E-state index contributed by atoms with van der Waals surface area (Å²) in [4.78, 5) is 20.3. The number of pyridine rings is 1. The van der Waals surface area contributed by atoms with E-state index in [1.165, 1.54) is 0 Å². The van der Waals surface area contributed by atoms with Crippen molar-refractivity contribution >= 4 is 29.0 Å². The molecule has 1 aliphatic rings. The normalized spacial score (nSPS) is 13.9. The monoisotopic (exact) mass is 391 g/mol. The predicted octanol–water partition coefficient (Wildman–Crippen LogP) is 4.32. The summed E-state index contributed by atoms with van der Waals surface area (Å²) in [6, 6.07) is 21.3. The number of carbonyl (C=O) groups excluding carboxylic acids is 1. The molecule has 1 aromatic heterocycles. The second-order valence-corrected chi connectivity index (χ2v) is 7.46. The van der Waals surface area contributed by atoms with Crippen molar-refractivity contribution in [3.63, 3.8) is 0 Å². The quantitative estimate of drug-likeness (QED) is 0.702. The van der Waals surface area contributed by atoms with Gasteiger partial charge >= 0.3 is 0 Å². The third-order valence-corrected chi connectivity index (χ3v) is 5.44. The van der Waals surface area contributed by atoms with Crippen LogP contribution in [0, 0.1) is 0 Å². The lowest BCUT2D eigenvalue weighted by Crippen LogP contribution is -2.36. The lowest BCUT2D eigenvalue weighted by atomic mass is 10.2. The van der Waals surface area contributed by atoms with Crippen LogP contribution in [0.4, 0.5) is 11.4 Å². The van der Waals surface area contributed by atoms with Crippen LogP contribution in [0.2, 0.25) is 0 Å². The molecule has 0 spiro atoms. The van der Waals surface area contributed by atoms with E-state index in [0.29, 0.717) is 18.8 Å². The van der Waals surface area contributed by atoms with Gasteiger partial charge in [0.05, 0.1) is 24.6 Å². The van der Waals surface area contributed by atoms with Crippen molar-refractivity contribution in [3.8, 4) is 0 Å². The molecule has 6 heteroatoms. The van der Waals surface area contributed by atoms with Crippen LogP contribution in [0.3, 0.4) is 0 Å². The number of rotatable bonds is 5. The maximum Gasteiger partial charge on any atom is 0.255 e. The van der Waals surface area contributed by atoms with Crippen LogP contribution in [-0.4, -0.2) is 37.2 Å². The summed E-state index contributed by atoms with van der Waals surface area (Å²) < 4.78 is 5.43. The Hall–Kier alpha value is -2.83. The Morgan fingerprint density at radius 3 is 2.46 bits per heavy atom. The highest BCUT2D eigenvalue weighted by Gasteiger charge is 2.16. The first-order chi connectivity index (χ1) is 13.8. The fourth-order valence-electron chi connectivity index (χ4n) is 3.06. The molecule has 0 bridgehead atoms. The Balaban J connectivity index is 1.45. The van der Waals surface area contributed by atoms with Crippen molar-refractivity contribution in [1.82, 2.24) is 4.98 Å². The minimum Gasteiger partial charge on any atom is -0.378 e. The van der Waals surface area contributed by atoms with E-state index in [2.05, 4.69) is 15.2 Å². The van der Waals surface area contributed by atoms with Gasteiger partial charge in [-0.3, -0.25) is 4.79 Å². The number of ether oxygens (including phenoxy) is 1. The molecule has 5 nitrogen and oxygen atoms in total. The molecule has 1 amide bonds. The molecule has 142 valence electrons. The van der Waals surface area contributed by atoms with E-state index in [4.69, 9.17) is 4.74 Å². The number of hydrogen-bond acceptors (Lipinski definition) is 5.